The lowest BCUT2D eigenvalue weighted by atomic mass is 9.68. The third-order valence-corrected chi connectivity index (χ3v) is 2.77. The normalized spacial score (nSPS) is 28.3. The maximum absolute atomic E-state index is 11.4. The van der Waals surface area contributed by atoms with Crippen molar-refractivity contribution in [3.05, 3.63) is 24.3 Å². The topological polar surface area (TPSA) is 74.6 Å². The minimum absolute atomic E-state index is 0.120. The molecule has 0 spiro atoms. The number of carbonyl (C=O) groups is 2. The van der Waals surface area contributed by atoms with Crippen LogP contribution >= 0.6 is 0 Å². The molecule has 4 heteroatoms. The van der Waals surface area contributed by atoms with Crippen molar-refractivity contribution in [2.45, 2.75) is 20.3 Å². The SMILES string of the molecule is CC(C)CC1(C(=O)O)C=CC=CC1C(=O)O. The lowest BCUT2D eigenvalue weighted by Crippen LogP contribution is -2.42. The van der Waals surface area contributed by atoms with Crippen LogP contribution in [0.4, 0.5) is 0 Å². The molecule has 4 nitrogen and oxygen atoms in total. The van der Waals surface area contributed by atoms with E-state index in [4.69, 9.17) is 5.11 Å². The standard InChI is InChI=1S/C12H16O4/c1-8(2)7-12(11(15)16)6-4-3-5-9(12)10(13)14/h3-6,8-9H,7H2,1-2H3,(H,13,14)(H,15,16). The lowest BCUT2D eigenvalue weighted by molar-refractivity contribution is -0.157. The average molecular weight is 224 g/mol. The number of hydrogen-bond donors (Lipinski definition) is 2. The van der Waals surface area contributed by atoms with Gasteiger partial charge in [0.2, 0.25) is 0 Å². The molecule has 88 valence electrons. The zero-order chi connectivity index (χ0) is 12.3. The Morgan fingerprint density at radius 2 is 1.94 bits per heavy atom. The Kier molecular flexibility index (Phi) is 3.52. The van der Waals surface area contributed by atoms with E-state index in [0.29, 0.717) is 6.42 Å². The highest BCUT2D eigenvalue weighted by Gasteiger charge is 2.47. The summed E-state index contributed by atoms with van der Waals surface area (Å²) in [6, 6.07) is 0. The van der Waals surface area contributed by atoms with Gasteiger partial charge in [0, 0.05) is 0 Å². The van der Waals surface area contributed by atoms with Crippen molar-refractivity contribution in [3.8, 4) is 0 Å². The minimum atomic E-state index is -1.31. The molecule has 0 saturated carbocycles. The molecule has 0 radical (unpaired) electrons. The van der Waals surface area contributed by atoms with Crippen LogP contribution in [0.15, 0.2) is 24.3 Å². The Bertz CT molecular complexity index is 354. The quantitative estimate of drug-likeness (QED) is 0.765. The Labute approximate surface area is 94.3 Å². The van der Waals surface area contributed by atoms with Gasteiger partial charge in [0.05, 0.1) is 5.92 Å². The van der Waals surface area contributed by atoms with Crippen LogP contribution in [0.3, 0.4) is 0 Å². The highest BCUT2D eigenvalue weighted by Crippen LogP contribution is 2.40. The van der Waals surface area contributed by atoms with Crippen LogP contribution in [-0.4, -0.2) is 22.2 Å². The maximum atomic E-state index is 11.4. The monoisotopic (exact) mass is 224 g/mol. The minimum Gasteiger partial charge on any atom is -0.481 e. The average Bonchev–Trinajstić information content (AvgIpc) is 2.16. The molecule has 1 rings (SSSR count). The Hall–Kier alpha value is -1.58. The van der Waals surface area contributed by atoms with E-state index in [-0.39, 0.29) is 5.92 Å². The first-order valence-corrected chi connectivity index (χ1v) is 5.22. The molecule has 0 aromatic rings. The van der Waals surface area contributed by atoms with Gasteiger partial charge in [0.1, 0.15) is 5.41 Å². The molecule has 0 aromatic heterocycles. The molecule has 0 amide bonds. The second kappa shape index (κ2) is 4.51. The van der Waals surface area contributed by atoms with Gasteiger partial charge in [-0.3, -0.25) is 9.59 Å². The van der Waals surface area contributed by atoms with Crippen molar-refractivity contribution in [1.29, 1.82) is 0 Å². The van der Waals surface area contributed by atoms with Crippen LogP contribution in [0.5, 0.6) is 0 Å². The highest BCUT2D eigenvalue weighted by atomic mass is 16.4. The summed E-state index contributed by atoms with van der Waals surface area (Å²) < 4.78 is 0. The third-order valence-electron chi connectivity index (χ3n) is 2.77. The van der Waals surface area contributed by atoms with Gasteiger partial charge < -0.3 is 10.2 Å². The molecule has 0 heterocycles. The van der Waals surface area contributed by atoms with E-state index in [2.05, 4.69) is 0 Å². The van der Waals surface area contributed by atoms with Crippen LogP contribution in [0.2, 0.25) is 0 Å². The van der Waals surface area contributed by atoms with Gasteiger partial charge >= 0.3 is 11.9 Å². The molecule has 0 fully saturated rings. The van der Waals surface area contributed by atoms with Gasteiger partial charge in [0.25, 0.3) is 0 Å². The molecule has 16 heavy (non-hydrogen) atoms. The zero-order valence-electron chi connectivity index (χ0n) is 9.38. The van der Waals surface area contributed by atoms with E-state index in [9.17, 15) is 14.7 Å². The van der Waals surface area contributed by atoms with Crippen molar-refractivity contribution in [1.82, 2.24) is 0 Å². The fourth-order valence-electron chi connectivity index (χ4n) is 2.14. The van der Waals surface area contributed by atoms with Crippen LogP contribution < -0.4 is 0 Å². The van der Waals surface area contributed by atoms with Gasteiger partial charge in [0.15, 0.2) is 0 Å². The number of rotatable bonds is 4. The van der Waals surface area contributed by atoms with E-state index in [0.717, 1.165) is 0 Å². The molecular formula is C12H16O4. The van der Waals surface area contributed by atoms with E-state index in [1.807, 2.05) is 13.8 Å². The van der Waals surface area contributed by atoms with Crippen LogP contribution in [0, 0.1) is 17.3 Å². The van der Waals surface area contributed by atoms with Crippen molar-refractivity contribution in [2.75, 3.05) is 0 Å². The Morgan fingerprint density at radius 1 is 1.31 bits per heavy atom. The van der Waals surface area contributed by atoms with Crippen molar-refractivity contribution in [3.63, 3.8) is 0 Å². The number of carboxylic acid groups (broad SMARTS) is 2. The smallest absolute Gasteiger partial charge is 0.314 e. The molecule has 1 aliphatic carbocycles. The first-order valence-electron chi connectivity index (χ1n) is 5.22. The zero-order valence-corrected chi connectivity index (χ0v) is 9.38. The highest BCUT2D eigenvalue weighted by molar-refractivity contribution is 5.87. The summed E-state index contributed by atoms with van der Waals surface area (Å²) in [4.78, 5) is 22.5. The predicted octanol–water partition coefficient (Wildman–Crippen LogP) is 1.93. The molecule has 0 aromatic carbocycles. The number of carboxylic acids is 2. The summed E-state index contributed by atoms with van der Waals surface area (Å²) >= 11 is 0. The van der Waals surface area contributed by atoms with Crippen molar-refractivity contribution >= 4 is 11.9 Å². The first kappa shape index (κ1) is 12.5. The molecule has 2 atom stereocenters. The summed E-state index contributed by atoms with van der Waals surface area (Å²) in [6.07, 6.45) is 6.45. The summed E-state index contributed by atoms with van der Waals surface area (Å²) in [5.41, 5.74) is -1.31. The first-order chi connectivity index (χ1) is 7.40. The van der Waals surface area contributed by atoms with Crippen molar-refractivity contribution < 1.29 is 19.8 Å². The fraction of sp³-hybridized carbons (Fsp3) is 0.500. The van der Waals surface area contributed by atoms with E-state index < -0.39 is 23.3 Å². The van der Waals surface area contributed by atoms with Gasteiger partial charge in [-0.05, 0) is 12.3 Å². The van der Waals surface area contributed by atoms with Crippen LogP contribution in [0.25, 0.3) is 0 Å². The Morgan fingerprint density at radius 3 is 2.38 bits per heavy atom. The third kappa shape index (κ3) is 2.15. The van der Waals surface area contributed by atoms with E-state index in [1.54, 1.807) is 12.2 Å². The second-order valence-corrected chi connectivity index (χ2v) is 4.50. The molecule has 0 saturated heterocycles. The van der Waals surface area contributed by atoms with Gasteiger partial charge in [-0.2, -0.15) is 0 Å². The van der Waals surface area contributed by atoms with Gasteiger partial charge in [-0.1, -0.05) is 38.2 Å². The van der Waals surface area contributed by atoms with Crippen LogP contribution in [-0.2, 0) is 9.59 Å². The molecule has 0 aliphatic heterocycles. The predicted molar refractivity (Wildman–Crippen MR) is 58.9 cm³/mol. The van der Waals surface area contributed by atoms with Gasteiger partial charge in [-0.25, -0.2) is 0 Å². The maximum Gasteiger partial charge on any atom is 0.314 e. The second-order valence-electron chi connectivity index (χ2n) is 4.50. The molecular weight excluding hydrogens is 208 g/mol. The van der Waals surface area contributed by atoms with E-state index >= 15 is 0 Å². The molecule has 1 aliphatic rings. The fourth-order valence-corrected chi connectivity index (χ4v) is 2.14. The summed E-state index contributed by atoms with van der Waals surface area (Å²) in [5, 5.41) is 18.4. The molecule has 2 unspecified atom stereocenters. The van der Waals surface area contributed by atoms with Crippen LogP contribution in [0.1, 0.15) is 20.3 Å². The molecule has 0 bridgehead atoms. The summed E-state index contributed by atoms with van der Waals surface area (Å²) in [6.45, 7) is 3.77. The lowest BCUT2D eigenvalue weighted by Gasteiger charge is -2.33. The molecule has 2 N–H and O–H groups in total. The summed E-state index contributed by atoms with van der Waals surface area (Å²) in [5.74, 6) is -3.04. The van der Waals surface area contributed by atoms with Crippen molar-refractivity contribution in [2.24, 2.45) is 17.3 Å². The number of aliphatic carboxylic acids is 2. The number of allylic oxidation sites excluding steroid dienone is 2. The largest absolute Gasteiger partial charge is 0.481 e. The van der Waals surface area contributed by atoms with Gasteiger partial charge in [-0.15, -0.1) is 0 Å². The van der Waals surface area contributed by atoms with E-state index in [1.165, 1.54) is 12.2 Å². The Balaban J connectivity index is 3.15. The summed E-state index contributed by atoms with van der Waals surface area (Å²) in [7, 11) is 0. The number of hydrogen-bond acceptors (Lipinski definition) is 2.